The number of anilines is 2. The third kappa shape index (κ3) is 2.00. The minimum atomic E-state index is 0.465. The van der Waals surface area contributed by atoms with Gasteiger partial charge in [0.1, 0.15) is 0 Å². The second kappa shape index (κ2) is 4.43. The van der Waals surface area contributed by atoms with E-state index in [2.05, 4.69) is 4.98 Å². The van der Waals surface area contributed by atoms with E-state index in [1.165, 1.54) is 6.20 Å². The summed E-state index contributed by atoms with van der Waals surface area (Å²) in [7, 11) is 0. The number of benzene rings is 1. The molecule has 0 fully saturated rings. The highest BCUT2D eigenvalue weighted by atomic mass is 16.5. The van der Waals surface area contributed by atoms with Gasteiger partial charge in [-0.05, 0) is 36.4 Å². The summed E-state index contributed by atoms with van der Waals surface area (Å²) in [4.78, 5) is 3.87. The topological polar surface area (TPSA) is 63.0 Å². The fourth-order valence-corrected chi connectivity index (χ4v) is 1.29. The number of hydrogen-bond donors (Lipinski definition) is 0. The van der Waals surface area contributed by atoms with Crippen molar-refractivity contribution in [2.24, 2.45) is 0 Å². The van der Waals surface area contributed by atoms with E-state index < -0.39 is 0 Å². The van der Waals surface area contributed by atoms with Crippen LogP contribution in [0.25, 0.3) is 0 Å². The van der Waals surface area contributed by atoms with Crippen molar-refractivity contribution in [3.8, 4) is 6.07 Å². The van der Waals surface area contributed by atoms with Gasteiger partial charge in [-0.1, -0.05) is 0 Å². The average molecular weight is 210 g/mol. The molecular weight excluding hydrogens is 202 g/mol. The molecule has 1 aromatic carbocycles. The van der Waals surface area contributed by atoms with Gasteiger partial charge < -0.3 is 10.3 Å². The molecule has 0 atom stereocenters. The number of rotatable bonds is 2. The summed E-state index contributed by atoms with van der Waals surface area (Å²) >= 11 is 0. The molecule has 0 aliphatic heterocycles. The van der Waals surface area contributed by atoms with Gasteiger partial charge in [0.2, 0.25) is 0 Å². The SMILES string of the molecule is N#Cc1ccc(N([O-])c2cccnc2)cc1. The Labute approximate surface area is 93.0 Å². The quantitative estimate of drug-likeness (QED) is 0.714. The second-order valence-electron chi connectivity index (χ2n) is 3.16. The van der Waals surface area contributed by atoms with Crippen LogP contribution in [-0.2, 0) is 0 Å². The van der Waals surface area contributed by atoms with Crippen molar-refractivity contribution >= 4 is 11.4 Å². The van der Waals surface area contributed by atoms with E-state index >= 15 is 0 Å². The van der Waals surface area contributed by atoms with Gasteiger partial charge in [-0.2, -0.15) is 5.26 Å². The van der Waals surface area contributed by atoms with E-state index in [0.29, 0.717) is 16.9 Å². The first-order valence-electron chi connectivity index (χ1n) is 4.69. The van der Waals surface area contributed by atoms with Gasteiger partial charge in [-0.15, -0.1) is 0 Å². The lowest BCUT2D eigenvalue weighted by atomic mass is 10.2. The molecule has 1 heterocycles. The molecule has 0 aliphatic rings. The molecule has 0 N–H and O–H groups in total. The minimum absolute atomic E-state index is 0.465. The van der Waals surface area contributed by atoms with Gasteiger partial charge in [0.05, 0.1) is 11.6 Å². The van der Waals surface area contributed by atoms with Crippen LogP contribution in [0.5, 0.6) is 0 Å². The maximum Gasteiger partial charge on any atom is 0.0991 e. The third-order valence-corrected chi connectivity index (χ3v) is 2.11. The van der Waals surface area contributed by atoms with Gasteiger partial charge >= 0.3 is 0 Å². The highest BCUT2D eigenvalue weighted by Crippen LogP contribution is 2.22. The molecule has 2 aromatic rings. The monoisotopic (exact) mass is 210 g/mol. The lowest BCUT2D eigenvalue weighted by Crippen LogP contribution is -2.06. The second-order valence-corrected chi connectivity index (χ2v) is 3.16. The molecule has 2 rings (SSSR count). The van der Waals surface area contributed by atoms with Crippen LogP contribution in [-0.4, -0.2) is 4.98 Å². The summed E-state index contributed by atoms with van der Waals surface area (Å²) in [6.45, 7) is 0. The number of pyridine rings is 1. The molecule has 1 aromatic heterocycles. The van der Waals surface area contributed by atoms with Crippen molar-refractivity contribution in [1.82, 2.24) is 4.98 Å². The zero-order valence-corrected chi connectivity index (χ0v) is 8.37. The zero-order chi connectivity index (χ0) is 11.4. The van der Waals surface area contributed by atoms with Gasteiger partial charge in [0, 0.05) is 23.8 Å². The summed E-state index contributed by atoms with van der Waals surface area (Å²) in [6.07, 6.45) is 3.10. The molecule has 0 saturated heterocycles. The highest BCUT2D eigenvalue weighted by molar-refractivity contribution is 5.63. The van der Waals surface area contributed by atoms with Crippen molar-refractivity contribution in [2.45, 2.75) is 0 Å². The Balaban J connectivity index is 2.28. The molecule has 4 heteroatoms. The normalized spacial score (nSPS) is 9.50. The predicted molar refractivity (Wildman–Crippen MR) is 60.9 cm³/mol. The fraction of sp³-hybridized carbons (Fsp3) is 0. The number of aromatic nitrogens is 1. The van der Waals surface area contributed by atoms with Crippen LogP contribution in [0.3, 0.4) is 0 Å². The first kappa shape index (κ1) is 10.1. The fourth-order valence-electron chi connectivity index (χ4n) is 1.29. The first-order valence-corrected chi connectivity index (χ1v) is 4.69. The number of nitrogens with zero attached hydrogens (tertiary/aromatic N) is 3. The molecule has 0 bridgehead atoms. The van der Waals surface area contributed by atoms with Crippen LogP contribution in [0.1, 0.15) is 5.56 Å². The largest absolute Gasteiger partial charge is 0.754 e. The van der Waals surface area contributed by atoms with Crippen molar-refractivity contribution < 1.29 is 0 Å². The predicted octanol–water partition coefficient (Wildman–Crippen LogP) is 2.59. The molecule has 0 unspecified atom stereocenters. The lowest BCUT2D eigenvalue weighted by Gasteiger charge is -2.30. The minimum Gasteiger partial charge on any atom is -0.754 e. The van der Waals surface area contributed by atoms with E-state index in [-0.39, 0.29) is 0 Å². The third-order valence-electron chi connectivity index (χ3n) is 2.11. The molecule has 0 spiro atoms. The Morgan fingerprint density at radius 3 is 2.44 bits per heavy atom. The van der Waals surface area contributed by atoms with Gasteiger partial charge in [-0.3, -0.25) is 4.98 Å². The van der Waals surface area contributed by atoms with Crippen LogP contribution in [0.2, 0.25) is 0 Å². The Morgan fingerprint density at radius 1 is 1.12 bits per heavy atom. The van der Waals surface area contributed by atoms with E-state index in [1.807, 2.05) is 6.07 Å². The summed E-state index contributed by atoms with van der Waals surface area (Å²) in [5, 5.41) is 21.2. The van der Waals surface area contributed by atoms with Crippen LogP contribution in [0.15, 0.2) is 48.8 Å². The standard InChI is InChI=1S/C12H8N3O/c13-8-10-3-5-11(6-4-10)15(16)12-2-1-7-14-9-12/h1-7,9H/q-1. The lowest BCUT2D eigenvalue weighted by molar-refractivity contribution is 1.23. The summed E-state index contributed by atoms with van der Waals surface area (Å²) in [5.74, 6) is 0. The zero-order valence-electron chi connectivity index (χ0n) is 8.37. The molecule has 16 heavy (non-hydrogen) atoms. The van der Waals surface area contributed by atoms with Gasteiger partial charge in [-0.25, -0.2) is 0 Å². The highest BCUT2D eigenvalue weighted by Gasteiger charge is 1.98. The van der Waals surface area contributed by atoms with Crippen LogP contribution < -0.4 is 5.06 Å². The van der Waals surface area contributed by atoms with Crippen LogP contribution in [0.4, 0.5) is 11.4 Å². The van der Waals surface area contributed by atoms with Crippen LogP contribution in [0, 0.1) is 16.5 Å². The van der Waals surface area contributed by atoms with Crippen molar-refractivity contribution in [2.75, 3.05) is 5.06 Å². The Hall–Kier alpha value is -2.38. The Bertz CT molecular complexity index is 502. The van der Waals surface area contributed by atoms with E-state index in [4.69, 9.17) is 5.26 Å². The molecule has 0 saturated carbocycles. The Morgan fingerprint density at radius 2 is 1.88 bits per heavy atom. The van der Waals surface area contributed by atoms with Gasteiger partial charge in [0.15, 0.2) is 0 Å². The first-order chi connectivity index (χ1) is 7.81. The van der Waals surface area contributed by atoms with E-state index in [9.17, 15) is 5.21 Å². The molecule has 0 amide bonds. The van der Waals surface area contributed by atoms with Crippen LogP contribution >= 0.6 is 0 Å². The summed E-state index contributed by atoms with van der Waals surface area (Å²) in [5.41, 5.74) is 1.47. The van der Waals surface area contributed by atoms with E-state index in [1.54, 1.807) is 42.6 Å². The molecule has 78 valence electrons. The van der Waals surface area contributed by atoms with Crippen molar-refractivity contribution in [3.63, 3.8) is 0 Å². The molecule has 4 nitrogen and oxygen atoms in total. The van der Waals surface area contributed by atoms with Crippen molar-refractivity contribution in [1.29, 1.82) is 5.26 Å². The summed E-state index contributed by atoms with van der Waals surface area (Å²) < 4.78 is 0. The maximum absolute atomic E-state index is 11.8. The molecule has 0 radical (unpaired) electrons. The molecule has 0 aliphatic carbocycles. The number of nitriles is 1. The summed E-state index contributed by atoms with van der Waals surface area (Å²) in [6, 6.07) is 11.8. The molecular formula is C12H8N3O-. The Kier molecular flexibility index (Phi) is 2.81. The smallest absolute Gasteiger partial charge is 0.0991 e. The van der Waals surface area contributed by atoms with Gasteiger partial charge in [0.25, 0.3) is 0 Å². The van der Waals surface area contributed by atoms with Crippen molar-refractivity contribution in [3.05, 3.63) is 59.6 Å². The number of hydrogen-bond acceptors (Lipinski definition) is 4. The van der Waals surface area contributed by atoms with E-state index in [0.717, 1.165) is 5.06 Å². The maximum atomic E-state index is 11.8. The average Bonchev–Trinajstić information content (AvgIpc) is 2.39.